The van der Waals surface area contributed by atoms with E-state index in [4.69, 9.17) is 17.0 Å². The second kappa shape index (κ2) is 8.62. The highest BCUT2D eigenvalue weighted by Gasteiger charge is 2.10. The van der Waals surface area contributed by atoms with Gasteiger partial charge in [0.1, 0.15) is 5.75 Å². The Morgan fingerprint density at radius 3 is 2.60 bits per heavy atom. The molecule has 5 heteroatoms. The van der Waals surface area contributed by atoms with Gasteiger partial charge in [-0.3, -0.25) is 10.1 Å². The summed E-state index contributed by atoms with van der Waals surface area (Å²) in [5.41, 5.74) is 5.27. The second-order valence-corrected chi connectivity index (χ2v) is 6.43. The number of hydrogen-bond acceptors (Lipinski definition) is 3. The van der Waals surface area contributed by atoms with E-state index in [0.717, 1.165) is 34.4 Å². The lowest BCUT2D eigenvalue weighted by molar-refractivity contribution is -0.121. The Kier molecular flexibility index (Phi) is 6.53. The van der Waals surface area contributed by atoms with Crippen LogP contribution in [0.2, 0.25) is 0 Å². The predicted molar refractivity (Wildman–Crippen MR) is 106 cm³/mol. The number of para-hydroxylation sites is 1. The number of carbonyl (C=O) groups excluding carboxylic acids is 1. The normalized spacial score (nSPS) is 10.2. The summed E-state index contributed by atoms with van der Waals surface area (Å²) in [4.78, 5) is 12.1. The Labute approximate surface area is 154 Å². The molecule has 0 saturated heterocycles. The van der Waals surface area contributed by atoms with Crippen LogP contribution in [0.4, 0.5) is 5.69 Å². The molecule has 0 radical (unpaired) electrons. The number of ether oxygens (including phenoxy) is 1. The molecule has 0 aromatic heterocycles. The van der Waals surface area contributed by atoms with Crippen LogP contribution in [0.5, 0.6) is 5.75 Å². The lowest BCUT2D eigenvalue weighted by atomic mass is 10.1. The van der Waals surface area contributed by atoms with Crippen LogP contribution in [0.1, 0.15) is 29.2 Å². The molecule has 132 valence electrons. The molecule has 0 unspecified atom stereocenters. The zero-order chi connectivity index (χ0) is 18.4. The van der Waals surface area contributed by atoms with Gasteiger partial charge in [-0.1, -0.05) is 37.3 Å². The highest BCUT2D eigenvalue weighted by atomic mass is 32.1. The first-order chi connectivity index (χ1) is 11.9. The first-order valence-electron chi connectivity index (χ1n) is 8.30. The molecule has 0 spiro atoms. The van der Waals surface area contributed by atoms with Gasteiger partial charge in [-0.25, -0.2) is 0 Å². The largest absolute Gasteiger partial charge is 0.483 e. The summed E-state index contributed by atoms with van der Waals surface area (Å²) in [6.45, 7) is 7.94. The number of hydrogen-bond donors (Lipinski definition) is 2. The highest BCUT2D eigenvalue weighted by molar-refractivity contribution is 7.80. The highest BCUT2D eigenvalue weighted by Crippen LogP contribution is 2.21. The number of anilines is 1. The molecule has 2 aromatic carbocycles. The second-order valence-electron chi connectivity index (χ2n) is 6.02. The maximum Gasteiger partial charge on any atom is 0.264 e. The zero-order valence-corrected chi connectivity index (χ0v) is 15.9. The fraction of sp³-hybridized carbons (Fsp3) is 0.300. The summed E-state index contributed by atoms with van der Waals surface area (Å²) >= 11 is 5.26. The maximum atomic E-state index is 12.1. The number of carbonyl (C=O) groups is 1. The van der Waals surface area contributed by atoms with E-state index < -0.39 is 0 Å². The molecule has 0 atom stereocenters. The Hall–Kier alpha value is -2.40. The standard InChI is InChI=1S/C20H24N2O2S/c1-5-16-8-6-7-15(4)19(16)22-20(25)21-18(23)12-24-17-11-13(2)9-10-14(17)3/h6-11H,5,12H2,1-4H3,(H2,21,22,23,25). The third-order valence-electron chi connectivity index (χ3n) is 3.93. The zero-order valence-electron chi connectivity index (χ0n) is 15.1. The van der Waals surface area contributed by atoms with Crippen molar-refractivity contribution < 1.29 is 9.53 Å². The van der Waals surface area contributed by atoms with E-state index in [1.807, 2.05) is 57.2 Å². The van der Waals surface area contributed by atoms with E-state index >= 15 is 0 Å². The van der Waals surface area contributed by atoms with Crippen molar-refractivity contribution in [2.75, 3.05) is 11.9 Å². The molecule has 0 aliphatic heterocycles. The minimum Gasteiger partial charge on any atom is -0.483 e. The monoisotopic (exact) mass is 356 g/mol. The van der Waals surface area contributed by atoms with E-state index in [2.05, 4.69) is 17.6 Å². The Morgan fingerprint density at radius 2 is 1.88 bits per heavy atom. The molecular weight excluding hydrogens is 332 g/mol. The van der Waals surface area contributed by atoms with Gasteiger partial charge in [0.25, 0.3) is 5.91 Å². The van der Waals surface area contributed by atoms with E-state index in [1.54, 1.807) is 0 Å². The molecule has 0 fully saturated rings. The average molecular weight is 356 g/mol. The lowest BCUT2D eigenvalue weighted by Gasteiger charge is -2.15. The lowest BCUT2D eigenvalue weighted by Crippen LogP contribution is -2.37. The van der Waals surface area contributed by atoms with Crippen LogP contribution in [0.15, 0.2) is 36.4 Å². The summed E-state index contributed by atoms with van der Waals surface area (Å²) in [6.07, 6.45) is 0.885. The van der Waals surface area contributed by atoms with Crippen LogP contribution in [-0.4, -0.2) is 17.6 Å². The van der Waals surface area contributed by atoms with Crippen molar-refractivity contribution in [1.29, 1.82) is 0 Å². The van der Waals surface area contributed by atoms with Gasteiger partial charge in [-0.05, 0) is 67.7 Å². The van der Waals surface area contributed by atoms with Gasteiger partial charge < -0.3 is 10.1 Å². The quantitative estimate of drug-likeness (QED) is 0.793. The van der Waals surface area contributed by atoms with Crippen LogP contribution >= 0.6 is 12.2 Å². The SMILES string of the molecule is CCc1cccc(C)c1NC(=S)NC(=O)COc1cc(C)ccc1C. The third kappa shape index (κ3) is 5.29. The molecular formula is C20H24N2O2S. The minimum atomic E-state index is -0.287. The van der Waals surface area contributed by atoms with Crippen LogP contribution in [-0.2, 0) is 11.2 Å². The van der Waals surface area contributed by atoms with Crippen molar-refractivity contribution in [1.82, 2.24) is 5.32 Å². The molecule has 4 nitrogen and oxygen atoms in total. The Balaban J connectivity index is 1.93. The Morgan fingerprint density at radius 1 is 1.12 bits per heavy atom. The number of thiocarbonyl (C=S) groups is 1. The Bertz CT molecular complexity index is 787. The van der Waals surface area contributed by atoms with Crippen LogP contribution < -0.4 is 15.4 Å². The first-order valence-corrected chi connectivity index (χ1v) is 8.71. The number of aryl methyl sites for hydroxylation is 4. The molecule has 2 N–H and O–H groups in total. The predicted octanol–water partition coefficient (Wildman–Crippen LogP) is 4.07. The van der Waals surface area contributed by atoms with Gasteiger partial charge in [0.2, 0.25) is 0 Å². The van der Waals surface area contributed by atoms with Gasteiger partial charge in [-0.15, -0.1) is 0 Å². The molecule has 0 saturated carbocycles. The molecule has 2 aromatic rings. The maximum absolute atomic E-state index is 12.1. The molecule has 2 rings (SSSR count). The molecule has 0 aliphatic rings. The number of nitrogens with one attached hydrogen (secondary N) is 2. The van der Waals surface area contributed by atoms with Crippen molar-refractivity contribution in [3.63, 3.8) is 0 Å². The summed E-state index contributed by atoms with van der Waals surface area (Å²) in [5, 5.41) is 6.07. The average Bonchev–Trinajstić information content (AvgIpc) is 2.57. The molecule has 25 heavy (non-hydrogen) atoms. The van der Waals surface area contributed by atoms with Crippen LogP contribution in [0.25, 0.3) is 0 Å². The number of benzene rings is 2. The molecule has 0 aliphatic carbocycles. The van der Waals surface area contributed by atoms with E-state index in [0.29, 0.717) is 5.75 Å². The van der Waals surface area contributed by atoms with Gasteiger partial charge >= 0.3 is 0 Å². The van der Waals surface area contributed by atoms with Crippen LogP contribution in [0.3, 0.4) is 0 Å². The van der Waals surface area contributed by atoms with E-state index in [1.165, 1.54) is 0 Å². The summed E-state index contributed by atoms with van der Waals surface area (Å²) in [6, 6.07) is 12.0. The summed E-state index contributed by atoms with van der Waals surface area (Å²) in [7, 11) is 0. The minimum absolute atomic E-state index is 0.0828. The van der Waals surface area contributed by atoms with Crippen molar-refractivity contribution in [3.05, 3.63) is 58.7 Å². The topological polar surface area (TPSA) is 50.4 Å². The van der Waals surface area contributed by atoms with Gasteiger partial charge in [-0.2, -0.15) is 0 Å². The molecule has 0 bridgehead atoms. The summed E-state index contributed by atoms with van der Waals surface area (Å²) < 4.78 is 5.60. The van der Waals surface area contributed by atoms with Crippen molar-refractivity contribution in [2.45, 2.75) is 34.1 Å². The number of amides is 1. The number of rotatable bonds is 5. The molecule has 0 heterocycles. The van der Waals surface area contributed by atoms with E-state index in [9.17, 15) is 4.79 Å². The van der Waals surface area contributed by atoms with Gasteiger partial charge in [0.05, 0.1) is 0 Å². The molecule has 1 amide bonds. The van der Waals surface area contributed by atoms with Crippen molar-refractivity contribution in [2.24, 2.45) is 0 Å². The van der Waals surface area contributed by atoms with Gasteiger partial charge in [0, 0.05) is 5.69 Å². The van der Waals surface area contributed by atoms with Crippen molar-refractivity contribution in [3.8, 4) is 5.75 Å². The van der Waals surface area contributed by atoms with Crippen molar-refractivity contribution >= 4 is 28.9 Å². The fourth-order valence-corrected chi connectivity index (χ4v) is 2.73. The fourth-order valence-electron chi connectivity index (χ4n) is 2.52. The smallest absolute Gasteiger partial charge is 0.264 e. The van der Waals surface area contributed by atoms with Crippen LogP contribution in [0, 0.1) is 20.8 Å². The first kappa shape index (κ1) is 18.9. The third-order valence-corrected chi connectivity index (χ3v) is 4.14. The van der Waals surface area contributed by atoms with E-state index in [-0.39, 0.29) is 17.6 Å². The summed E-state index contributed by atoms with van der Waals surface area (Å²) in [5.74, 6) is 0.422. The van der Waals surface area contributed by atoms with Gasteiger partial charge in [0.15, 0.2) is 11.7 Å².